The van der Waals surface area contributed by atoms with E-state index in [1.54, 1.807) is 0 Å². The largest absolute Gasteiger partial charge is 0.507 e. The van der Waals surface area contributed by atoms with E-state index in [0.717, 1.165) is 195 Å². The molecule has 0 spiro atoms. The first-order valence-electron chi connectivity index (χ1n) is 39.8. The van der Waals surface area contributed by atoms with Crippen LogP contribution < -0.4 is 18.9 Å². The molecule has 0 radical (unpaired) electrons. The van der Waals surface area contributed by atoms with Crippen molar-refractivity contribution in [2.45, 2.75) is 299 Å². The summed E-state index contributed by atoms with van der Waals surface area (Å²) in [6, 6.07) is 36.2. The number of benzene rings is 8. The Morgan fingerprint density at radius 1 is 0.179 bits per heavy atom. The highest BCUT2D eigenvalue weighted by Crippen LogP contribution is 2.48. The predicted octanol–water partition coefficient (Wildman–Crippen LogP) is 23.8. The van der Waals surface area contributed by atoms with Gasteiger partial charge in [0.15, 0.2) is 0 Å². The van der Waals surface area contributed by atoms with E-state index < -0.39 is 0 Å². The van der Waals surface area contributed by atoms with Gasteiger partial charge < -0.3 is 39.4 Å². The monoisotopic (exact) mass is 1430 g/mol. The summed E-state index contributed by atoms with van der Waals surface area (Å²) in [7, 11) is 0. The summed E-state index contributed by atoms with van der Waals surface area (Å²) in [5.41, 5.74) is 22.0. The fraction of sp³-hybridized carbons (Fsp3) is 0.510. The summed E-state index contributed by atoms with van der Waals surface area (Å²) in [5, 5.41) is 52.5. The second-order valence-electron chi connectivity index (χ2n) is 40.0. The van der Waals surface area contributed by atoms with E-state index in [9.17, 15) is 20.4 Å². The van der Waals surface area contributed by atoms with Crippen molar-refractivity contribution in [2.75, 3.05) is 26.4 Å². The SMILES string of the molecule is CC(C)(C)c1cc2c(O)c(c1)Cc1cc(C(C)(C)C)cc3c1OCCCCCOc1c4cc(C(C)(C)C)cc1Cc1cc(C(C)(C)C)cc(c1O)Cc1cc(C(C)(C)C)cc(c1OCCCCCOc1c(cc(C(C)(C)C)cc1Cc1cc(C(C)(C)C)cc(c1O)C3)C2)Cc1cc(C(C)(C)C)cc(c1O)C4. The lowest BCUT2D eigenvalue weighted by Crippen LogP contribution is -2.17. The molecule has 0 saturated heterocycles. The molecule has 8 aromatic carbocycles. The maximum absolute atomic E-state index is 13.1. The quantitative estimate of drug-likeness (QED) is 0.119. The minimum Gasteiger partial charge on any atom is -0.507 e. The Kier molecular flexibility index (Phi) is 22.1. The van der Waals surface area contributed by atoms with Crippen LogP contribution in [0.5, 0.6) is 46.0 Å². The topological polar surface area (TPSA) is 118 Å². The number of phenolic OH excluding ortho intramolecular Hbond substituents is 4. The smallest absolute Gasteiger partial charge is 0.126 e. The summed E-state index contributed by atoms with van der Waals surface area (Å²) < 4.78 is 29.4. The minimum atomic E-state index is -0.247. The molecule has 4 N–H and O–H groups in total. The Labute approximate surface area is 638 Å². The second kappa shape index (κ2) is 29.6. The van der Waals surface area contributed by atoms with Crippen LogP contribution >= 0.6 is 0 Å². The first-order chi connectivity index (χ1) is 49.2. The molecule has 0 amide bonds. The van der Waals surface area contributed by atoms with Gasteiger partial charge in [-0.1, -0.05) is 263 Å². The number of fused-ring (bicyclic) bond motifs is 14. The molecule has 106 heavy (non-hydrogen) atoms. The van der Waals surface area contributed by atoms with Crippen molar-refractivity contribution in [3.8, 4) is 46.0 Å². The van der Waals surface area contributed by atoms with Gasteiger partial charge in [-0.15, -0.1) is 0 Å². The number of aromatic hydroxyl groups is 4. The van der Waals surface area contributed by atoms with E-state index in [4.69, 9.17) is 18.9 Å². The van der Waals surface area contributed by atoms with Gasteiger partial charge in [0.2, 0.25) is 0 Å². The van der Waals surface area contributed by atoms with Crippen LogP contribution in [-0.2, 0) is 94.7 Å². The minimum absolute atomic E-state index is 0.246. The predicted molar refractivity (Wildman–Crippen MR) is 440 cm³/mol. The summed E-state index contributed by atoms with van der Waals surface area (Å²) >= 11 is 0. The zero-order valence-corrected chi connectivity index (χ0v) is 69.4. The molecule has 8 aromatic rings. The molecule has 2 aliphatic carbocycles. The van der Waals surface area contributed by atoms with Crippen LogP contribution in [0.25, 0.3) is 0 Å². The summed E-state index contributed by atoms with van der Waals surface area (Å²) in [4.78, 5) is 0. The van der Waals surface area contributed by atoms with Crippen molar-refractivity contribution in [3.05, 3.63) is 231 Å². The lowest BCUT2D eigenvalue weighted by Gasteiger charge is -2.28. The lowest BCUT2D eigenvalue weighted by molar-refractivity contribution is 0.274. The Hall–Kier alpha value is -7.84. The molecule has 0 saturated carbocycles. The van der Waals surface area contributed by atoms with Crippen molar-refractivity contribution in [2.24, 2.45) is 0 Å². The van der Waals surface area contributed by atoms with Gasteiger partial charge in [-0.05, 0) is 215 Å². The molecule has 0 fully saturated rings. The lowest BCUT2D eigenvalue weighted by atomic mass is 9.79. The zero-order chi connectivity index (χ0) is 77.3. The third kappa shape index (κ3) is 18.0. The molecule has 2 aliphatic heterocycles. The van der Waals surface area contributed by atoms with Crippen LogP contribution in [0.2, 0.25) is 0 Å². The molecule has 12 rings (SSSR count). The van der Waals surface area contributed by atoms with Gasteiger partial charge >= 0.3 is 0 Å². The molecule has 4 aliphatic rings. The van der Waals surface area contributed by atoms with Crippen molar-refractivity contribution in [1.82, 2.24) is 0 Å². The van der Waals surface area contributed by atoms with E-state index in [-0.39, 0.29) is 66.3 Å². The molecule has 0 unspecified atom stereocenters. The second-order valence-corrected chi connectivity index (χ2v) is 40.0. The van der Waals surface area contributed by atoms with Crippen molar-refractivity contribution >= 4 is 0 Å². The molecule has 8 heteroatoms. The summed E-state index contributed by atoms with van der Waals surface area (Å²) in [6.45, 7) is 56.0. The maximum Gasteiger partial charge on any atom is 0.126 e. The Morgan fingerprint density at radius 3 is 0.406 bits per heavy atom. The van der Waals surface area contributed by atoms with Crippen LogP contribution in [0.15, 0.2) is 97.1 Å². The zero-order valence-electron chi connectivity index (χ0n) is 69.4. The molecular formula is C98H128O8. The number of rotatable bonds is 0. The van der Waals surface area contributed by atoms with Crippen molar-refractivity contribution < 1.29 is 39.4 Å². The molecule has 2 heterocycles. The number of hydrogen-bond acceptors (Lipinski definition) is 8. The van der Waals surface area contributed by atoms with E-state index in [0.29, 0.717) is 77.8 Å². The van der Waals surface area contributed by atoms with Crippen LogP contribution in [0, 0.1) is 0 Å². The van der Waals surface area contributed by atoms with E-state index in [2.05, 4.69) is 263 Å². The third-order valence-electron chi connectivity index (χ3n) is 22.6. The Morgan fingerprint density at radius 2 is 0.292 bits per heavy atom. The van der Waals surface area contributed by atoms with Crippen molar-refractivity contribution in [3.63, 3.8) is 0 Å². The first-order valence-corrected chi connectivity index (χ1v) is 39.8. The van der Waals surface area contributed by atoms with Crippen LogP contribution in [0.3, 0.4) is 0 Å². The normalized spacial score (nSPS) is 15.7. The summed E-state index contributed by atoms with van der Waals surface area (Å²) in [6.07, 6.45) is 7.97. The highest BCUT2D eigenvalue weighted by Gasteiger charge is 2.33. The Balaban J connectivity index is 1.13. The first kappa shape index (κ1) is 79.2. The Bertz CT molecular complexity index is 3810. The number of hydrogen-bond donors (Lipinski definition) is 4. The van der Waals surface area contributed by atoms with Crippen LogP contribution in [-0.4, -0.2) is 46.9 Å². The van der Waals surface area contributed by atoms with E-state index >= 15 is 0 Å². The summed E-state index contributed by atoms with van der Waals surface area (Å²) in [5.74, 6) is 4.32. The number of ether oxygens (including phenoxy) is 4. The van der Waals surface area contributed by atoms with Gasteiger partial charge in [0.05, 0.1) is 26.4 Å². The standard InChI is InChI=1S/C98H128O8/c1-91(2,3)75-43-59-35-67-51-79(95(13,14)15)53-69-37-61-45-76(92(4,5)6)46-62(84(61)100)38-70-54-80(96(16,17)18)52-68(36-60(44-75)83(59)99)88(70)104-32-28-26-30-34-106-90-72-40-64-48-77(93(7,8)9)47-63(85(64)101)39-71-55-81(97(19,20)21)57-73(89(71)105-33-29-25-27-31-103-87(67)69)41-65-49-78(94(10,11)12)50-66(86(65)102)42-74(90)58-82(56-72)98(22,23)24/h43-58,99-102H,25-42H2,1-24H3. The van der Waals surface area contributed by atoms with E-state index in [1.807, 2.05) is 0 Å². The highest BCUT2D eigenvalue weighted by molar-refractivity contribution is 5.63. The van der Waals surface area contributed by atoms with Gasteiger partial charge in [-0.25, -0.2) is 0 Å². The molecule has 0 aromatic heterocycles. The molecule has 20 bridgehead atoms. The average molecular weight is 1430 g/mol. The average Bonchev–Trinajstić information content (AvgIpc) is 0.768. The molecule has 0 atom stereocenters. The third-order valence-corrected chi connectivity index (χ3v) is 22.6. The van der Waals surface area contributed by atoms with Crippen LogP contribution in [0.4, 0.5) is 0 Å². The van der Waals surface area contributed by atoms with Gasteiger partial charge in [0.1, 0.15) is 46.0 Å². The fourth-order valence-electron chi connectivity index (χ4n) is 15.5. The van der Waals surface area contributed by atoms with Gasteiger partial charge in [-0.3, -0.25) is 0 Å². The maximum atomic E-state index is 13.1. The van der Waals surface area contributed by atoms with E-state index in [1.165, 1.54) is 0 Å². The van der Waals surface area contributed by atoms with Gasteiger partial charge in [0, 0.05) is 51.4 Å². The van der Waals surface area contributed by atoms with Crippen molar-refractivity contribution in [1.29, 1.82) is 0 Å². The number of phenols is 4. The molecule has 568 valence electrons. The molecular weight excluding hydrogens is 1310 g/mol. The fourth-order valence-corrected chi connectivity index (χ4v) is 15.5. The molecule has 8 nitrogen and oxygen atoms in total. The van der Waals surface area contributed by atoms with Gasteiger partial charge in [-0.2, -0.15) is 0 Å². The van der Waals surface area contributed by atoms with Crippen LogP contribution in [0.1, 0.15) is 338 Å². The van der Waals surface area contributed by atoms with Gasteiger partial charge in [0.25, 0.3) is 0 Å². The highest BCUT2D eigenvalue weighted by atomic mass is 16.5.